The van der Waals surface area contributed by atoms with Crippen LogP contribution in [0, 0.1) is 0 Å². The van der Waals surface area contributed by atoms with Gasteiger partial charge in [0.25, 0.3) is 0 Å². The summed E-state index contributed by atoms with van der Waals surface area (Å²) in [5.41, 5.74) is 2.34. The second kappa shape index (κ2) is 7.91. The quantitative estimate of drug-likeness (QED) is 0.633. The second-order valence-electron chi connectivity index (χ2n) is 5.00. The Hall–Kier alpha value is -1.54. The van der Waals surface area contributed by atoms with E-state index in [-0.39, 0.29) is 5.91 Å². The highest BCUT2D eigenvalue weighted by Crippen LogP contribution is 2.19. The first-order valence-corrected chi connectivity index (χ1v) is 7.52. The number of carbonyl (C=O) groups excluding carboxylic acids is 1. The molecule has 0 unspecified atom stereocenters. The zero-order valence-corrected chi connectivity index (χ0v) is 12.3. The third kappa shape index (κ3) is 4.86. The number of benzene rings is 1. The lowest BCUT2D eigenvalue weighted by molar-refractivity contribution is -0.116. The molecule has 0 saturated carbocycles. The number of hydrogen-bond donors (Lipinski definition) is 1. The molecule has 0 fully saturated rings. The molecular formula is C17H20ClNO. The van der Waals surface area contributed by atoms with Crippen LogP contribution in [0.15, 0.2) is 42.0 Å². The smallest absolute Gasteiger partial charge is 0.244 e. The van der Waals surface area contributed by atoms with E-state index in [4.69, 9.17) is 11.6 Å². The summed E-state index contributed by atoms with van der Waals surface area (Å²) in [4.78, 5) is 11.7. The van der Waals surface area contributed by atoms with Crippen LogP contribution in [0.1, 0.15) is 37.7 Å². The minimum atomic E-state index is -0.0682. The van der Waals surface area contributed by atoms with Gasteiger partial charge in [0.1, 0.15) is 0 Å². The molecule has 106 valence electrons. The first kappa shape index (κ1) is 14.9. The van der Waals surface area contributed by atoms with Gasteiger partial charge in [0, 0.05) is 17.6 Å². The van der Waals surface area contributed by atoms with E-state index >= 15 is 0 Å². The molecule has 0 heterocycles. The Morgan fingerprint density at radius 3 is 2.90 bits per heavy atom. The van der Waals surface area contributed by atoms with Crippen molar-refractivity contribution >= 4 is 23.6 Å². The van der Waals surface area contributed by atoms with Gasteiger partial charge in [0.2, 0.25) is 5.91 Å². The monoisotopic (exact) mass is 289 g/mol. The number of rotatable bonds is 5. The van der Waals surface area contributed by atoms with Gasteiger partial charge in [-0.25, -0.2) is 0 Å². The third-order valence-electron chi connectivity index (χ3n) is 3.45. The Balaban J connectivity index is 1.75. The summed E-state index contributed by atoms with van der Waals surface area (Å²) in [6.45, 7) is 0.706. The van der Waals surface area contributed by atoms with Crippen molar-refractivity contribution in [3.05, 3.63) is 52.6 Å². The SMILES string of the molecule is O=C(/C=C/c1ccccc1Cl)NCCC1=CCCCC1. The van der Waals surface area contributed by atoms with Crippen LogP contribution in [0.3, 0.4) is 0 Å². The van der Waals surface area contributed by atoms with Gasteiger partial charge >= 0.3 is 0 Å². The van der Waals surface area contributed by atoms with Crippen LogP contribution in [0.4, 0.5) is 0 Å². The van der Waals surface area contributed by atoms with Crippen molar-refractivity contribution < 1.29 is 4.79 Å². The zero-order valence-electron chi connectivity index (χ0n) is 11.6. The number of allylic oxidation sites excluding steroid dienone is 1. The predicted molar refractivity (Wildman–Crippen MR) is 84.7 cm³/mol. The van der Waals surface area contributed by atoms with Crippen LogP contribution < -0.4 is 5.32 Å². The van der Waals surface area contributed by atoms with E-state index < -0.39 is 0 Å². The van der Waals surface area contributed by atoms with Crippen molar-refractivity contribution in [2.75, 3.05) is 6.54 Å². The highest BCUT2D eigenvalue weighted by molar-refractivity contribution is 6.32. The number of hydrogen-bond acceptors (Lipinski definition) is 1. The third-order valence-corrected chi connectivity index (χ3v) is 3.79. The number of nitrogens with one attached hydrogen (secondary N) is 1. The van der Waals surface area contributed by atoms with Gasteiger partial charge < -0.3 is 5.32 Å². The summed E-state index contributed by atoms with van der Waals surface area (Å²) in [6, 6.07) is 7.48. The van der Waals surface area contributed by atoms with Crippen LogP contribution in [0.2, 0.25) is 5.02 Å². The minimum Gasteiger partial charge on any atom is -0.352 e. The lowest BCUT2D eigenvalue weighted by atomic mass is 9.97. The Kier molecular flexibility index (Phi) is 5.87. The molecule has 1 N–H and O–H groups in total. The summed E-state index contributed by atoms with van der Waals surface area (Å²) in [5.74, 6) is -0.0682. The standard InChI is InChI=1S/C17H20ClNO/c18-16-9-5-4-8-15(16)10-11-17(20)19-13-12-14-6-2-1-3-7-14/h4-6,8-11H,1-3,7,12-13H2,(H,19,20)/b11-10+. The maximum absolute atomic E-state index is 11.7. The van der Waals surface area contributed by atoms with Gasteiger partial charge in [0.15, 0.2) is 0 Å². The van der Waals surface area contributed by atoms with E-state index in [2.05, 4.69) is 11.4 Å². The van der Waals surface area contributed by atoms with Crippen LogP contribution in [0.25, 0.3) is 6.08 Å². The summed E-state index contributed by atoms with van der Waals surface area (Å²) < 4.78 is 0. The second-order valence-corrected chi connectivity index (χ2v) is 5.41. The molecule has 1 amide bonds. The number of halogens is 1. The largest absolute Gasteiger partial charge is 0.352 e. The molecule has 1 aliphatic carbocycles. The molecule has 2 rings (SSSR count). The van der Waals surface area contributed by atoms with E-state index in [1.165, 1.54) is 37.3 Å². The average molecular weight is 290 g/mol. The fourth-order valence-electron chi connectivity index (χ4n) is 2.31. The van der Waals surface area contributed by atoms with E-state index in [0.29, 0.717) is 11.6 Å². The lowest BCUT2D eigenvalue weighted by Gasteiger charge is -2.12. The summed E-state index contributed by atoms with van der Waals surface area (Å²) in [5, 5.41) is 3.57. The fraction of sp³-hybridized carbons (Fsp3) is 0.353. The Labute approximate surface area is 125 Å². The maximum atomic E-state index is 11.7. The topological polar surface area (TPSA) is 29.1 Å². The van der Waals surface area contributed by atoms with Crippen molar-refractivity contribution in [1.82, 2.24) is 5.32 Å². The molecule has 2 nitrogen and oxygen atoms in total. The van der Waals surface area contributed by atoms with Gasteiger partial charge in [-0.05, 0) is 49.8 Å². The highest BCUT2D eigenvalue weighted by Gasteiger charge is 2.03. The van der Waals surface area contributed by atoms with Gasteiger partial charge in [-0.1, -0.05) is 41.4 Å². The molecule has 1 aromatic rings. The minimum absolute atomic E-state index is 0.0682. The molecule has 0 aromatic heterocycles. The van der Waals surface area contributed by atoms with Crippen molar-refractivity contribution in [2.24, 2.45) is 0 Å². The summed E-state index contributed by atoms with van der Waals surface area (Å²) in [7, 11) is 0. The van der Waals surface area contributed by atoms with Crippen LogP contribution in [-0.4, -0.2) is 12.5 Å². The number of amides is 1. The fourth-order valence-corrected chi connectivity index (χ4v) is 2.51. The van der Waals surface area contributed by atoms with Crippen LogP contribution >= 0.6 is 11.6 Å². The molecule has 0 aliphatic heterocycles. The molecular weight excluding hydrogens is 270 g/mol. The van der Waals surface area contributed by atoms with Crippen molar-refractivity contribution in [3.8, 4) is 0 Å². The van der Waals surface area contributed by atoms with Gasteiger partial charge in [-0.3, -0.25) is 4.79 Å². The average Bonchev–Trinajstić information content (AvgIpc) is 2.47. The molecule has 0 bridgehead atoms. The van der Waals surface area contributed by atoms with E-state index in [1.807, 2.05) is 24.3 Å². The van der Waals surface area contributed by atoms with Crippen molar-refractivity contribution in [2.45, 2.75) is 32.1 Å². The highest BCUT2D eigenvalue weighted by atomic mass is 35.5. The molecule has 1 aliphatic rings. The Morgan fingerprint density at radius 1 is 1.30 bits per heavy atom. The van der Waals surface area contributed by atoms with Crippen molar-refractivity contribution in [1.29, 1.82) is 0 Å². The molecule has 0 saturated heterocycles. The van der Waals surface area contributed by atoms with Crippen LogP contribution in [0.5, 0.6) is 0 Å². The van der Waals surface area contributed by atoms with Crippen molar-refractivity contribution in [3.63, 3.8) is 0 Å². The summed E-state index contributed by atoms with van der Waals surface area (Å²) in [6.07, 6.45) is 11.5. The normalized spacial score (nSPS) is 15.2. The molecule has 0 radical (unpaired) electrons. The van der Waals surface area contributed by atoms with E-state index in [0.717, 1.165) is 12.0 Å². The lowest BCUT2D eigenvalue weighted by Crippen LogP contribution is -2.22. The van der Waals surface area contributed by atoms with Gasteiger partial charge in [0.05, 0.1) is 0 Å². The molecule has 3 heteroatoms. The zero-order chi connectivity index (χ0) is 14.2. The molecule has 1 aromatic carbocycles. The first-order chi connectivity index (χ1) is 9.75. The summed E-state index contributed by atoms with van der Waals surface area (Å²) >= 11 is 6.02. The predicted octanol–water partition coefficient (Wildman–Crippen LogP) is 4.36. The van der Waals surface area contributed by atoms with E-state index in [9.17, 15) is 4.79 Å². The van der Waals surface area contributed by atoms with Crippen LogP contribution in [-0.2, 0) is 4.79 Å². The first-order valence-electron chi connectivity index (χ1n) is 7.14. The van der Waals surface area contributed by atoms with Gasteiger partial charge in [-0.15, -0.1) is 0 Å². The molecule has 0 spiro atoms. The Morgan fingerprint density at radius 2 is 2.15 bits per heavy atom. The molecule has 0 atom stereocenters. The Bertz CT molecular complexity index is 519. The number of carbonyl (C=O) groups is 1. The maximum Gasteiger partial charge on any atom is 0.244 e. The molecule has 20 heavy (non-hydrogen) atoms. The van der Waals surface area contributed by atoms with Gasteiger partial charge in [-0.2, -0.15) is 0 Å². The van der Waals surface area contributed by atoms with E-state index in [1.54, 1.807) is 6.08 Å².